The molecule has 2 heterocycles. The fourth-order valence-electron chi connectivity index (χ4n) is 3.57. The molecule has 0 atom stereocenters. The number of aromatic nitrogens is 3. The van der Waals surface area contributed by atoms with Crippen LogP contribution in [-0.4, -0.2) is 26.7 Å². The molecule has 2 aromatic carbocycles. The Hall–Kier alpha value is -3.63. The van der Waals surface area contributed by atoms with Crippen molar-refractivity contribution in [2.45, 2.75) is 13.5 Å². The lowest BCUT2D eigenvalue weighted by Gasteiger charge is -2.12. The molecule has 4 aromatic rings. The molecule has 36 heavy (non-hydrogen) atoms. The molecule has 0 aliphatic carbocycles. The van der Waals surface area contributed by atoms with Gasteiger partial charge in [-0.3, -0.25) is 4.79 Å². The molecule has 4 rings (SSSR count). The van der Waals surface area contributed by atoms with Gasteiger partial charge in [0.25, 0.3) is 5.91 Å². The highest BCUT2D eigenvalue weighted by molar-refractivity contribution is 7.99. The van der Waals surface area contributed by atoms with Gasteiger partial charge < -0.3 is 19.3 Å². The van der Waals surface area contributed by atoms with Crippen molar-refractivity contribution in [3.05, 3.63) is 88.5 Å². The Bertz CT molecular complexity index is 1410. The molecule has 1 amide bonds. The molecule has 11 heteroatoms. The van der Waals surface area contributed by atoms with Crippen LogP contribution in [0.5, 0.6) is 5.75 Å². The zero-order valence-corrected chi connectivity index (χ0v) is 21.2. The molecule has 7 nitrogen and oxygen atoms in total. The Morgan fingerprint density at radius 1 is 1.11 bits per heavy atom. The van der Waals surface area contributed by atoms with Crippen molar-refractivity contribution < 1.29 is 18.3 Å². The van der Waals surface area contributed by atoms with Gasteiger partial charge in [-0.2, -0.15) is 0 Å². The summed E-state index contributed by atoms with van der Waals surface area (Å²) in [5.74, 6) is -0.918. The number of nitrogens with zero attached hydrogens (tertiary/aromatic N) is 3. The van der Waals surface area contributed by atoms with Crippen molar-refractivity contribution in [1.82, 2.24) is 14.5 Å². The summed E-state index contributed by atoms with van der Waals surface area (Å²) in [5.41, 5.74) is 3.05. The first kappa shape index (κ1) is 25.5. The van der Waals surface area contributed by atoms with Crippen LogP contribution < -0.4 is 14.8 Å². The summed E-state index contributed by atoms with van der Waals surface area (Å²) in [6.07, 6.45) is 5.04. The van der Waals surface area contributed by atoms with E-state index in [-0.39, 0.29) is 12.5 Å². The van der Waals surface area contributed by atoms with Gasteiger partial charge in [-0.05, 0) is 48.9 Å². The van der Waals surface area contributed by atoms with Gasteiger partial charge in [0, 0.05) is 42.0 Å². The zero-order valence-electron chi connectivity index (χ0n) is 19.6. The van der Waals surface area contributed by atoms with Crippen molar-refractivity contribution in [3.8, 4) is 17.1 Å². The quantitative estimate of drug-likeness (QED) is 0.263. The number of rotatable bonds is 8. The maximum Gasteiger partial charge on any atom is 0.257 e. The summed E-state index contributed by atoms with van der Waals surface area (Å²) in [6.45, 7) is 1.64. The van der Waals surface area contributed by atoms with E-state index in [9.17, 15) is 13.6 Å². The molecule has 0 aliphatic rings. The van der Waals surface area contributed by atoms with Gasteiger partial charge in [0.2, 0.25) is 0 Å². The normalized spacial score (nSPS) is 10.8. The summed E-state index contributed by atoms with van der Waals surface area (Å²) in [7, 11) is 1.77. The van der Waals surface area contributed by atoms with E-state index in [1.165, 1.54) is 30.3 Å². The third kappa shape index (κ3) is 6.13. The van der Waals surface area contributed by atoms with Gasteiger partial charge in [-0.15, -0.1) is 0 Å². The Labute approximate surface area is 216 Å². The molecule has 0 spiro atoms. The third-order valence-electron chi connectivity index (χ3n) is 5.08. The predicted molar refractivity (Wildman–Crippen MR) is 138 cm³/mol. The van der Waals surface area contributed by atoms with Crippen LogP contribution in [0, 0.1) is 18.6 Å². The molecule has 0 unspecified atom stereocenters. The summed E-state index contributed by atoms with van der Waals surface area (Å²) in [6, 6.07) is 10.0. The number of nitrogens with one attached hydrogen (secondary N) is 2. The van der Waals surface area contributed by atoms with Crippen LogP contribution in [0.25, 0.3) is 11.4 Å². The van der Waals surface area contributed by atoms with Gasteiger partial charge in [0.15, 0.2) is 5.75 Å². The smallest absolute Gasteiger partial charge is 0.257 e. The summed E-state index contributed by atoms with van der Waals surface area (Å²) >= 11 is 7.58. The maximum atomic E-state index is 13.5. The first-order valence-corrected chi connectivity index (χ1v) is 12.3. The zero-order chi connectivity index (χ0) is 25.8. The predicted octanol–water partition coefficient (Wildman–Crippen LogP) is 6.24. The number of hydrogen-bond donors (Lipinski definition) is 2. The molecule has 0 fully saturated rings. The van der Waals surface area contributed by atoms with E-state index in [0.29, 0.717) is 44.8 Å². The number of anilines is 2. The second-order valence-corrected chi connectivity index (χ2v) is 8.96. The maximum absolute atomic E-state index is 13.5. The molecule has 2 N–H and O–H groups in total. The molecular weight excluding hydrogens is 508 g/mol. The number of aryl methyl sites for hydroxylation is 2. The lowest BCUT2D eigenvalue weighted by molar-refractivity contribution is 0.102. The standard InChI is InChI=1S/C25H22ClF2N5O2S/c1-14-29-11-23(35-13-15-4-18(27)9-19(28)5-15)24(30-14)22-6-16(12-33(22)2)25(34)31-20-7-17(26)8-21(10-20)32-36-3/h4-12,32H,13H2,1-3H3,(H,31,34). The number of amides is 1. The highest BCUT2D eigenvalue weighted by atomic mass is 35.5. The van der Waals surface area contributed by atoms with E-state index in [4.69, 9.17) is 16.3 Å². The first-order chi connectivity index (χ1) is 17.2. The van der Waals surface area contributed by atoms with Gasteiger partial charge in [-0.1, -0.05) is 23.5 Å². The van der Waals surface area contributed by atoms with Crippen LogP contribution in [0.4, 0.5) is 20.2 Å². The first-order valence-electron chi connectivity index (χ1n) is 10.7. The number of halogens is 3. The van der Waals surface area contributed by atoms with Crippen LogP contribution in [0.15, 0.2) is 54.9 Å². The third-order valence-corrected chi connectivity index (χ3v) is 5.74. The van der Waals surface area contributed by atoms with Crippen molar-refractivity contribution in [3.63, 3.8) is 0 Å². The monoisotopic (exact) mass is 529 g/mol. The number of ether oxygens (including phenoxy) is 1. The minimum absolute atomic E-state index is 0.0902. The average Bonchev–Trinajstić information content (AvgIpc) is 3.19. The Morgan fingerprint density at radius 2 is 1.83 bits per heavy atom. The Kier molecular flexibility index (Phi) is 7.76. The van der Waals surface area contributed by atoms with Crippen LogP contribution in [0.3, 0.4) is 0 Å². The van der Waals surface area contributed by atoms with E-state index < -0.39 is 11.6 Å². The minimum atomic E-state index is -0.692. The lowest BCUT2D eigenvalue weighted by Crippen LogP contribution is -2.11. The molecule has 0 aliphatic heterocycles. The second-order valence-electron chi connectivity index (χ2n) is 7.91. The highest BCUT2D eigenvalue weighted by Gasteiger charge is 2.18. The Balaban J connectivity index is 1.58. The van der Waals surface area contributed by atoms with Crippen LogP contribution >= 0.6 is 23.5 Å². The summed E-state index contributed by atoms with van der Waals surface area (Å²) in [4.78, 5) is 21.7. The number of carbonyl (C=O) groups excluding carboxylic acids is 1. The largest absolute Gasteiger partial charge is 0.485 e. The lowest BCUT2D eigenvalue weighted by atomic mass is 10.2. The molecule has 0 saturated heterocycles. The topological polar surface area (TPSA) is 81.1 Å². The van der Waals surface area contributed by atoms with Gasteiger partial charge in [-0.25, -0.2) is 18.7 Å². The highest BCUT2D eigenvalue weighted by Crippen LogP contribution is 2.30. The summed E-state index contributed by atoms with van der Waals surface area (Å²) in [5, 5.41) is 3.33. The SMILES string of the molecule is CSNc1cc(Cl)cc(NC(=O)c2cc(-c3nc(C)ncc3OCc3cc(F)cc(F)c3)n(C)c2)c1. The van der Waals surface area contributed by atoms with Gasteiger partial charge in [0.05, 0.1) is 17.5 Å². The second kappa shape index (κ2) is 11.0. The van der Waals surface area contributed by atoms with E-state index in [1.54, 1.807) is 49.0 Å². The van der Waals surface area contributed by atoms with Gasteiger partial charge >= 0.3 is 0 Å². The average molecular weight is 530 g/mol. The van der Waals surface area contributed by atoms with Crippen molar-refractivity contribution in [1.29, 1.82) is 0 Å². The molecule has 186 valence electrons. The summed E-state index contributed by atoms with van der Waals surface area (Å²) < 4.78 is 37.7. The van der Waals surface area contributed by atoms with E-state index in [0.717, 1.165) is 11.8 Å². The molecule has 0 saturated carbocycles. The molecular formula is C25H22ClF2N5O2S. The molecule has 0 radical (unpaired) electrons. The van der Waals surface area contributed by atoms with E-state index in [1.807, 2.05) is 6.26 Å². The van der Waals surface area contributed by atoms with Crippen molar-refractivity contribution in [2.24, 2.45) is 7.05 Å². The fraction of sp³-hybridized carbons (Fsp3) is 0.160. The van der Waals surface area contributed by atoms with E-state index in [2.05, 4.69) is 20.0 Å². The fourth-order valence-corrected chi connectivity index (χ4v) is 4.16. The van der Waals surface area contributed by atoms with Crippen LogP contribution in [0.2, 0.25) is 5.02 Å². The van der Waals surface area contributed by atoms with Crippen LogP contribution in [0.1, 0.15) is 21.7 Å². The van der Waals surface area contributed by atoms with Crippen LogP contribution in [-0.2, 0) is 13.7 Å². The molecule has 0 bridgehead atoms. The van der Waals surface area contributed by atoms with Crippen molar-refractivity contribution >= 4 is 40.8 Å². The number of benzene rings is 2. The van der Waals surface area contributed by atoms with Crippen molar-refractivity contribution in [2.75, 3.05) is 16.3 Å². The number of carbonyl (C=O) groups is 1. The van der Waals surface area contributed by atoms with E-state index >= 15 is 0 Å². The van der Waals surface area contributed by atoms with Gasteiger partial charge in [0.1, 0.15) is 29.8 Å². The number of hydrogen-bond acceptors (Lipinski definition) is 6. The molecule has 2 aromatic heterocycles. The minimum Gasteiger partial charge on any atom is -0.485 e. The Morgan fingerprint density at radius 3 is 2.56 bits per heavy atom.